The van der Waals surface area contributed by atoms with E-state index in [1.54, 1.807) is 0 Å². The second-order valence-electron chi connectivity index (χ2n) is 6.97. The fraction of sp³-hybridized carbons (Fsp3) is 0.875. The van der Waals surface area contributed by atoms with E-state index >= 15 is 0 Å². The van der Waals surface area contributed by atoms with Crippen molar-refractivity contribution in [1.29, 1.82) is 0 Å². The molecule has 0 amide bonds. The summed E-state index contributed by atoms with van der Waals surface area (Å²) in [6, 6.07) is 0. The highest BCUT2D eigenvalue weighted by molar-refractivity contribution is 9.09. The quantitative estimate of drug-likeness (QED) is 0.471. The maximum atomic E-state index is 4.37. The third-order valence-corrected chi connectivity index (χ3v) is 6.01. The molecule has 1 heteroatoms. The number of hydrogen-bond donors (Lipinski definition) is 0. The predicted molar refractivity (Wildman–Crippen MR) is 79.4 cm³/mol. The highest BCUT2D eigenvalue weighted by atomic mass is 79.9. The average molecular weight is 299 g/mol. The summed E-state index contributed by atoms with van der Waals surface area (Å²) >= 11 is 3.64. The maximum Gasteiger partial charge on any atom is 0.00371 e. The molecule has 4 atom stereocenters. The minimum absolute atomic E-state index is 0.558. The van der Waals surface area contributed by atoms with Crippen molar-refractivity contribution in [2.24, 2.45) is 29.1 Å². The molecule has 0 spiro atoms. The van der Waals surface area contributed by atoms with E-state index in [0.717, 1.165) is 29.0 Å². The van der Waals surface area contributed by atoms with Gasteiger partial charge in [0.25, 0.3) is 0 Å². The van der Waals surface area contributed by atoms with Crippen LogP contribution in [0.15, 0.2) is 12.2 Å². The molecule has 0 aromatic carbocycles. The molecule has 2 saturated carbocycles. The van der Waals surface area contributed by atoms with Crippen molar-refractivity contribution in [3.05, 3.63) is 12.2 Å². The Hall–Kier alpha value is 0.220. The van der Waals surface area contributed by atoms with Crippen LogP contribution in [0.2, 0.25) is 0 Å². The number of fused-ring (bicyclic) bond motifs is 1. The Balaban J connectivity index is 2.25. The Morgan fingerprint density at radius 2 is 2.06 bits per heavy atom. The van der Waals surface area contributed by atoms with Gasteiger partial charge in [-0.05, 0) is 61.2 Å². The van der Waals surface area contributed by atoms with E-state index in [1.165, 1.54) is 37.7 Å². The second-order valence-corrected chi connectivity index (χ2v) is 7.76. The average Bonchev–Trinajstić information content (AvgIpc) is 2.27. The summed E-state index contributed by atoms with van der Waals surface area (Å²) in [5.74, 6) is 3.51. The van der Waals surface area contributed by atoms with Gasteiger partial charge in [-0.3, -0.25) is 0 Å². The van der Waals surface area contributed by atoms with Gasteiger partial charge in [0.15, 0.2) is 0 Å². The lowest BCUT2D eigenvalue weighted by molar-refractivity contribution is -0.0122. The van der Waals surface area contributed by atoms with Gasteiger partial charge in [0, 0.05) is 5.33 Å². The normalized spacial score (nSPS) is 41.1. The van der Waals surface area contributed by atoms with Crippen molar-refractivity contribution in [1.82, 2.24) is 0 Å². The predicted octanol–water partition coefficient (Wildman–Crippen LogP) is 5.43. The van der Waals surface area contributed by atoms with Crippen LogP contribution in [0, 0.1) is 29.1 Å². The zero-order chi connectivity index (χ0) is 12.6. The first kappa shape index (κ1) is 13.6. The van der Waals surface area contributed by atoms with Crippen LogP contribution in [0.4, 0.5) is 0 Å². The molecular weight excluding hydrogens is 272 g/mol. The van der Waals surface area contributed by atoms with E-state index in [1.807, 2.05) is 0 Å². The molecule has 0 heterocycles. The molecule has 17 heavy (non-hydrogen) atoms. The van der Waals surface area contributed by atoms with Gasteiger partial charge in [-0.1, -0.05) is 48.9 Å². The summed E-state index contributed by atoms with van der Waals surface area (Å²) in [7, 11) is 0. The maximum absolute atomic E-state index is 4.37. The minimum atomic E-state index is 0.558. The Morgan fingerprint density at radius 1 is 1.35 bits per heavy atom. The Morgan fingerprint density at radius 3 is 2.71 bits per heavy atom. The Bertz CT molecular complexity index is 292. The monoisotopic (exact) mass is 298 g/mol. The zero-order valence-corrected chi connectivity index (χ0v) is 13.2. The van der Waals surface area contributed by atoms with Gasteiger partial charge in [0.2, 0.25) is 0 Å². The van der Waals surface area contributed by atoms with Crippen molar-refractivity contribution >= 4 is 15.9 Å². The smallest absolute Gasteiger partial charge is 0.00371 e. The van der Waals surface area contributed by atoms with Crippen molar-refractivity contribution in [2.75, 3.05) is 5.33 Å². The summed E-state index contributed by atoms with van der Waals surface area (Å²) in [6.07, 6.45) is 6.79. The van der Waals surface area contributed by atoms with E-state index in [4.69, 9.17) is 0 Å². The first-order chi connectivity index (χ1) is 7.97. The van der Waals surface area contributed by atoms with Gasteiger partial charge in [-0.2, -0.15) is 0 Å². The first-order valence-electron chi connectivity index (χ1n) is 7.21. The van der Waals surface area contributed by atoms with Crippen LogP contribution in [0.3, 0.4) is 0 Å². The number of rotatable bonds is 2. The highest BCUT2D eigenvalue weighted by Crippen LogP contribution is 2.56. The van der Waals surface area contributed by atoms with Crippen molar-refractivity contribution < 1.29 is 0 Å². The molecule has 0 N–H and O–H groups in total. The lowest BCUT2D eigenvalue weighted by Gasteiger charge is -2.53. The fourth-order valence-corrected chi connectivity index (χ4v) is 4.96. The summed E-state index contributed by atoms with van der Waals surface area (Å²) < 4.78 is 0. The molecule has 2 rings (SSSR count). The molecule has 2 fully saturated rings. The molecule has 2 aliphatic rings. The number of halogens is 1. The number of hydrogen-bond acceptors (Lipinski definition) is 0. The third kappa shape index (κ3) is 2.50. The fourth-order valence-electron chi connectivity index (χ4n) is 4.47. The molecule has 0 aromatic heterocycles. The molecule has 0 aromatic rings. The standard InChI is InChI=1S/C16H27Br/c1-11-5-6-14-15(13(11)8-10-17)12(2)7-9-16(14,3)4/h12-15H,1,5-10H2,2-4H3/t12-,13+,14-,15+/m0/s1. The third-order valence-electron chi connectivity index (χ3n) is 5.56. The summed E-state index contributed by atoms with van der Waals surface area (Å²) in [5, 5.41) is 1.13. The molecule has 0 saturated heterocycles. The Labute approximate surface area is 115 Å². The largest absolute Gasteiger partial charge is 0.0996 e. The Kier molecular flexibility index (Phi) is 4.07. The molecular formula is C16H27Br. The SMILES string of the molecule is C=C1CC[C@H]2[C@@H]([C@@H]1CCBr)[C@@H](C)CCC2(C)C. The lowest BCUT2D eigenvalue weighted by atomic mass is 9.52. The van der Waals surface area contributed by atoms with Gasteiger partial charge < -0.3 is 0 Å². The topological polar surface area (TPSA) is 0 Å². The van der Waals surface area contributed by atoms with Crippen LogP contribution < -0.4 is 0 Å². The van der Waals surface area contributed by atoms with Crippen LogP contribution in [-0.4, -0.2) is 5.33 Å². The molecule has 98 valence electrons. The van der Waals surface area contributed by atoms with E-state index in [2.05, 4.69) is 43.3 Å². The van der Waals surface area contributed by atoms with Gasteiger partial charge in [-0.15, -0.1) is 0 Å². The molecule has 0 unspecified atom stereocenters. The summed E-state index contributed by atoms with van der Waals surface area (Å²) in [4.78, 5) is 0. The van der Waals surface area contributed by atoms with Crippen LogP contribution in [-0.2, 0) is 0 Å². The second kappa shape index (κ2) is 5.07. The van der Waals surface area contributed by atoms with Gasteiger partial charge >= 0.3 is 0 Å². The van der Waals surface area contributed by atoms with Crippen molar-refractivity contribution in [2.45, 2.75) is 52.9 Å². The van der Waals surface area contributed by atoms with Crippen LogP contribution in [0.25, 0.3) is 0 Å². The van der Waals surface area contributed by atoms with Crippen molar-refractivity contribution in [3.63, 3.8) is 0 Å². The number of allylic oxidation sites excluding steroid dienone is 1. The number of alkyl halides is 1. The summed E-state index contributed by atoms with van der Waals surface area (Å²) in [6.45, 7) is 11.8. The van der Waals surface area contributed by atoms with Crippen LogP contribution >= 0.6 is 15.9 Å². The molecule has 0 radical (unpaired) electrons. The first-order valence-corrected chi connectivity index (χ1v) is 8.33. The van der Waals surface area contributed by atoms with Gasteiger partial charge in [0.1, 0.15) is 0 Å². The van der Waals surface area contributed by atoms with E-state index in [9.17, 15) is 0 Å². The molecule has 0 aliphatic heterocycles. The van der Waals surface area contributed by atoms with E-state index < -0.39 is 0 Å². The molecule has 2 aliphatic carbocycles. The summed E-state index contributed by atoms with van der Waals surface area (Å²) in [5.41, 5.74) is 2.10. The van der Waals surface area contributed by atoms with E-state index in [0.29, 0.717) is 5.41 Å². The lowest BCUT2D eigenvalue weighted by Crippen LogP contribution is -2.45. The van der Waals surface area contributed by atoms with Crippen LogP contribution in [0.1, 0.15) is 52.9 Å². The molecule has 0 bridgehead atoms. The van der Waals surface area contributed by atoms with Gasteiger partial charge in [-0.25, -0.2) is 0 Å². The zero-order valence-electron chi connectivity index (χ0n) is 11.6. The van der Waals surface area contributed by atoms with Gasteiger partial charge in [0.05, 0.1) is 0 Å². The van der Waals surface area contributed by atoms with Crippen LogP contribution in [0.5, 0.6) is 0 Å². The molecule has 0 nitrogen and oxygen atoms in total. The van der Waals surface area contributed by atoms with E-state index in [-0.39, 0.29) is 0 Å². The minimum Gasteiger partial charge on any atom is -0.0996 e. The highest BCUT2D eigenvalue weighted by Gasteiger charge is 2.47. The van der Waals surface area contributed by atoms with Crippen molar-refractivity contribution in [3.8, 4) is 0 Å².